The molecule has 5 nitrogen and oxygen atoms in total. The maximum Gasteiger partial charge on any atom is 0.226 e. The largest absolute Gasteiger partial charge is 0.337 e. The summed E-state index contributed by atoms with van der Waals surface area (Å²) in [5.41, 5.74) is 2.01. The van der Waals surface area contributed by atoms with Crippen molar-refractivity contribution in [2.24, 2.45) is 0 Å². The van der Waals surface area contributed by atoms with Crippen LogP contribution in [0.25, 0.3) is 0 Å². The molecule has 0 bridgehead atoms. The molecule has 2 aromatic rings. The highest BCUT2D eigenvalue weighted by Gasteiger charge is 2.03. The Kier molecular flexibility index (Phi) is 10.3. The Bertz CT molecular complexity index is 546. The summed E-state index contributed by atoms with van der Waals surface area (Å²) in [6.45, 7) is 4.46. The van der Waals surface area contributed by atoms with Gasteiger partial charge in [0.05, 0.1) is 6.33 Å². The molecule has 122 valence electrons. The topological polar surface area (TPSA) is 58.9 Å². The van der Waals surface area contributed by atoms with Gasteiger partial charge in [-0.25, -0.2) is 4.98 Å². The van der Waals surface area contributed by atoms with Crippen LogP contribution in [0.3, 0.4) is 0 Å². The van der Waals surface area contributed by atoms with Gasteiger partial charge in [-0.3, -0.25) is 4.79 Å². The van der Waals surface area contributed by atoms with E-state index in [0.717, 1.165) is 18.8 Å². The van der Waals surface area contributed by atoms with Gasteiger partial charge < -0.3 is 15.2 Å². The van der Waals surface area contributed by atoms with Crippen LogP contribution in [-0.4, -0.2) is 22.0 Å². The number of carbonyl (C=O) groups is 1. The number of anilines is 1. The van der Waals surface area contributed by atoms with E-state index in [1.165, 1.54) is 5.56 Å². The maximum atomic E-state index is 11.9. The highest BCUT2D eigenvalue weighted by Crippen LogP contribution is 2.11. The molecule has 1 amide bonds. The zero-order chi connectivity index (χ0) is 14.2. The first-order valence-corrected chi connectivity index (χ1v) is 6.83. The summed E-state index contributed by atoms with van der Waals surface area (Å²) in [7, 11) is 0. The van der Waals surface area contributed by atoms with Crippen molar-refractivity contribution in [3.63, 3.8) is 0 Å². The molecule has 22 heavy (non-hydrogen) atoms. The van der Waals surface area contributed by atoms with Crippen molar-refractivity contribution in [3.05, 3.63) is 48.5 Å². The summed E-state index contributed by atoms with van der Waals surface area (Å²) in [6, 6.07) is 7.91. The Morgan fingerprint density at radius 3 is 2.82 bits per heavy atom. The second-order valence-corrected chi connectivity index (χ2v) is 4.58. The molecular weight excluding hydrogens is 323 g/mol. The van der Waals surface area contributed by atoms with Crippen molar-refractivity contribution < 1.29 is 4.79 Å². The van der Waals surface area contributed by atoms with Gasteiger partial charge in [0.15, 0.2) is 0 Å². The van der Waals surface area contributed by atoms with Crippen LogP contribution in [-0.2, 0) is 17.9 Å². The predicted molar refractivity (Wildman–Crippen MR) is 93.8 cm³/mol. The number of hydrogen-bond acceptors (Lipinski definition) is 3. The number of aromatic nitrogens is 2. The van der Waals surface area contributed by atoms with Crippen LogP contribution in [0.1, 0.15) is 18.9 Å². The van der Waals surface area contributed by atoms with Gasteiger partial charge in [0.1, 0.15) is 0 Å². The molecule has 0 atom stereocenters. The van der Waals surface area contributed by atoms with Crippen LogP contribution in [0.4, 0.5) is 5.69 Å². The van der Waals surface area contributed by atoms with Gasteiger partial charge >= 0.3 is 0 Å². The molecule has 0 aliphatic carbocycles. The van der Waals surface area contributed by atoms with Crippen molar-refractivity contribution in [1.82, 2.24) is 14.9 Å². The Morgan fingerprint density at radius 2 is 2.14 bits per heavy atom. The quantitative estimate of drug-likeness (QED) is 0.811. The van der Waals surface area contributed by atoms with E-state index in [4.69, 9.17) is 0 Å². The second kappa shape index (κ2) is 11.1. The van der Waals surface area contributed by atoms with Gasteiger partial charge in [-0.15, -0.1) is 24.8 Å². The Labute approximate surface area is 143 Å². The highest BCUT2D eigenvalue weighted by atomic mass is 35.5. The van der Waals surface area contributed by atoms with Crippen LogP contribution in [0.5, 0.6) is 0 Å². The number of amides is 1. The maximum absolute atomic E-state index is 11.9. The fraction of sp³-hybridized carbons (Fsp3) is 0.333. The fourth-order valence-electron chi connectivity index (χ4n) is 1.90. The average molecular weight is 345 g/mol. The van der Waals surface area contributed by atoms with Crippen LogP contribution in [0, 0.1) is 0 Å². The first-order chi connectivity index (χ1) is 9.78. The zero-order valence-electron chi connectivity index (χ0n) is 12.5. The number of rotatable bonds is 7. The number of aryl methyl sites for hydroxylation is 1. The lowest BCUT2D eigenvalue weighted by Crippen LogP contribution is -2.15. The standard InChI is InChI=1S/C15H20N4O.2ClH/c1-2-16-11-13-4-3-5-14(10-13)18-15(20)6-8-19-9-7-17-12-19;;/h3-5,7,9-10,12,16H,2,6,8,11H2,1H3,(H,18,20);2*1H. The Morgan fingerprint density at radius 1 is 1.32 bits per heavy atom. The monoisotopic (exact) mass is 344 g/mol. The molecule has 1 aromatic heterocycles. The van der Waals surface area contributed by atoms with Crippen LogP contribution < -0.4 is 10.6 Å². The van der Waals surface area contributed by atoms with Crippen LogP contribution >= 0.6 is 24.8 Å². The minimum atomic E-state index is 0. The van der Waals surface area contributed by atoms with Crippen molar-refractivity contribution in [2.75, 3.05) is 11.9 Å². The smallest absolute Gasteiger partial charge is 0.226 e. The molecule has 0 unspecified atom stereocenters. The molecule has 7 heteroatoms. The molecule has 0 fully saturated rings. The summed E-state index contributed by atoms with van der Waals surface area (Å²) in [5, 5.41) is 6.19. The lowest BCUT2D eigenvalue weighted by atomic mass is 10.2. The van der Waals surface area contributed by atoms with Crippen molar-refractivity contribution in [2.45, 2.75) is 26.4 Å². The van der Waals surface area contributed by atoms with E-state index in [-0.39, 0.29) is 30.7 Å². The first-order valence-electron chi connectivity index (χ1n) is 6.83. The van der Waals surface area contributed by atoms with Gasteiger partial charge in [0.25, 0.3) is 0 Å². The van der Waals surface area contributed by atoms with Gasteiger partial charge in [-0.2, -0.15) is 0 Å². The normalized spacial score (nSPS) is 9.50. The van der Waals surface area contributed by atoms with E-state index in [2.05, 4.69) is 22.5 Å². The Hall–Kier alpha value is -1.56. The number of nitrogens with one attached hydrogen (secondary N) is 2. The third-order valence-electron chi connectivity index (χ3n) is 2.95. The summed E-state index contributed by atoms with van der Waals surface area (Å²) in [6.07, 6.45) is 5.71. The van der Waals surface area contributed by atoms with E-state index in [0.29, 0.717) is 13.0 Å². The summed E-state index contributed by atoms with van der Waals surface area (Å²) in [4.78, 5) is 15.8. The third-order valence-corrected chi connectivity index (χ3v) is 2.95. The first kappa shape index (κ1) is 20.4. The fourth-order valence-corrected chi connectivity index (χ4v) is 1.90. The Balaban J connectivity index is 0.00000220. The van der Waals surface area contributed by atoms with Gasteiger partial charge in [-0.1, -0.05) is 19.1 Å². The molecule has 1 heterocycles. The SMILES string of the molecule is CCNCc1cccc(NC(=O)CCn2ccnc2)c1.Cl.Cl. The number of hydrogen-bond donors (Lipinski definition) is 2. The second-order valence-electron chi connectivity index (χ2n) is 4.58. The summed E-state index contributed by atoms with van der Waals surface area (Å²) < 4.78 is 1.89. The van der Waals surface area contributed by atoms with Crippen LogP contribution in [0.15, 0.2) is 43.0 Å². The average Bonchev–Trinajstić information content (AvgIpc) is 2.97. The number of nitrogens with zero attached hydrogens (tertiary/aromatic N) is 2. The molecule has 0 radical (unpaired) electrons. The molecule has 1 aromatic carbocycles. The van der Waals surface area contributed by atoms with E-state index in [9.17, 15) is 4.79 Å². The predicted octanol–water partition coefficient (Wildman–Crippen LogP) is 2.87. The number of imidazole rings is 1. The molecule has 0 saturated heterocycles. The van der Waals surface area contributed by atoms with Crippen molar-refractivity contribution in [1.29, 1.82) is 0 Å². The van der Waals surface area contributed by atoms with E-state index in [1.807, 2.05) is 35.0 Å². The number of halogens is 2. The van der Waals surface area contributed by atoms with Gasteiger partial charge in [0, 0.05) is 37.6 Å². The lowest BCUT2D eigenvalue weighted by molar-refractivity contribution is -0.116. The highest BCUT2D eigenvalue weighted by molar-refractivity contribution is 5.90. The molecule has 2 rings (SSSR count). The molecule has 2 N–H and O–H groups in total. The summed E-state index contributed by atoms with van der Waals surface area (Å²) in [5.74, 6) is 0.0132. The zero-order valence-corrected chi connectivity index (χ0v) is 14.1. The minimum absolute atomic E-state index is 0. The number of carbonyl (C=O) groups excluding carboxylic acids is 1. The van der Waals surface area contributed by atoms with Crippen LogP contribution in [0.2, 0.25) is 0 Å². The van der Waals surface area contributed by atoms with Gasteiger partial charge in [0.2, 0.25) is 5.91 Å². The third kappa shape index (κ3) is 6.93. The molecule has 0 saturated carbocycles. The molecule has 0 aliphatic heterocycles. The summed E-state index contributed by atoms with van der Waals surface area (Å²) >= 11 is 0. The van der Waals surface area contributed by atoms with Crippen molar-refractivity contribution >= 4 is 36.4 Å². The van der Waals surface area contributed by atoms with E-state index in [1.54, 1.807) is 12.5 Å². The van der Waals surface area contributed by atoms with Gasteiger partial charge in [-0.05, 0) is 24.2 Å². The van der Waals surface area contributed by atoms with E-state index >= 15 is 0 Å². The number of benzene rings is 1. The molecule has 0 aliphatic rings. The molecular formula is C15H22Cl2N4O. The lowest BCUT2D eigenvalue weighted by Gasteiger charge is -2.08. The van der Waals surface area contributed by atoms with E-state index < -0.39 is 0 Å². The van der Waals surface area contributed by atoms with Crippen molar-refractivity contribution in [3.8, 4) is 0 Å². The molecule has 0 spiro atoms. The minimum Gasteiger partial charge on any atom is -0.337 e.